The third-order valence-corrected chi connectivity index (χ3v) is 5.25. The van der Waals surface area contributed by atoms with Gasteiger partial charge in [0.25, 0.3) is 11.5 Å². The summed E-state index contributed by atoms with van der Waals surface area (Å²) in [5.41, 5.74) is 3.79. The van der Waals surface area contributed by atoms with E-state index in [-0.39, 0.29) is 11.1 Å². The molecular formula is C25H22N2O2. The number of fused-ring (bicyclic) bond motifs is 1. The second-order valence-corrected chi connectivity index (χ2v) is 7.25. The van der Waals surface area contributed by atoms with E-state index < -0.39 is 5.91 Å². The van der Waals surface area contributed by atoms with Crippen LogP contribution in [0.25, 0.3) is 10.8 Å². The molecule has 0 unspecified atom stereocenters. The zero-order chi connectivity index (χ0) is 20.4. The molecule has 4 rings (SSSR count). The molecule has 1 amide bonds. The highest BCUT2D eigenvalue weighted by Crippen LogP contribution is 2.19. The van der Waals surface area contributed by atoms with Gasteiger partial charge in [-0.25, -0.2) is 0 Å². The Labute approximate surface area is 169 Å². The lowest BCUT2D eigenvalue weighted by molar-refractivity contribution is 0.102. The Kier molecular flexibility index (Phi) is 5.00. The summed E-state index contributed by atoms with van der Waals surface area (Å²) in [6.07, 6.45) is 1.72. The van der Waals surface area contributed by atoms with Crippen molar-refractivity contribution in [3.8, 4) is 0 Å². The normalized spacial score (nSPS) is 10.8. The van der Waals surface area contributed by atoms with Gasteiger partial charge in [-0.3, -0.25) is 9.59 Å². The summed E-state index contributed by atoms with van der Waals surface area (Å²) >= 11 is 0. The topological polar surface area (TPSA) is 51.1 Å². The third-order valence-electron chi connectivity index (χ3n) is 5.25. The van der Waals surface area contributed by atoms with E-state index in [1.54, 1.807) is 22.9 Å². The first kappa shape index (κ1) is 18.7. The van der Waals surface area contributed by atoms with Crippen LogP contribution in [0, 0.1) is 13.8 Å². The average Bonchev–Trinajstić information content (AvgIpc) is 2.72. The largest absolute Gasteiger partial charge is 0.322 e. The second-order valence-electron chi connectivity index (χ2n) is 7.25. The summed E-state index contributed by atoms with van der Waals surface area (Å²) < 4.78 is 1.58. The summed E-state index contributed by atoms with van der Waals surface area (Å²) in [5, 5.41) is 5.07. The monoisotopic (exact) mass is 382 g/mol. The van der Waals surface area contributed by atoms with Gasteiger partial charge in [-0.15, -0.1) is 0 Å². The first-order valence-electron chi connectivity index (χ1n) is 9.57. The molecule has 144 valence electrons. The van der Waals surface area contributed by atoms with Crippen molar-refractivity contribution in [2.75, 3.05) is 5.32 Å². The number of hydrogen-bond donors (Lipinski definition) is 1. The van der Waals surface area contributed by atoms with Crippen molar-refractivity contribution in [1.29, 1.82) is 0 Å². The summed E-state index contributed by atoms with van der Waals surface area (Å²) in [7, 11) is 0. The van der Waals surface area contributed by atoms with Gasteiger partial charge in [0, 0.05) is 11.9 Å². The van der Waals surface area contributed by atoms with Crippen LogP contribution < -0.4 is 10.9 Å². The standard InChI is InChI=1S/C25H22N2O2/c1-17-12-13-21(15-18(17)2)26-24(28)23-11-6-14-27(25(23)29)16-20-9-5-8-19-7-3-4-10-22(19)20/h3-15H,16H2,1-2H3,(H,26,28). The Hall–Kier alpha value is -3.66. The molecule has 0 radical (unpaired) electrons. The number of amides is 1. The predicted octanol–water partition coefficient (Wildman–Crippen LogP) is 4.92. The number of aryl methyl sites for hydroxylation is 2. The second kappa shape index (κ2) is 7.76. The molecule has 0 saturated carbocycles. The van der Waals surface area contributed by atoms with Gasteiger partial charge in [-0.05, 0) is 65.6 Å². The molecular weight excluding hydrogens is 360 g/mol. The van der Waals surface area contributed by atoms with Crippen LogP contribution in [0.1, 0.15) is 27.0 Å². The fourth-order valence-electron chi connectivity index (χ4n) is 3.47. The molecule has 0 saturated heterocycles. The summed E-state index contributed by atoms with van der Waals surface area (Å²) in [5.74, 6) is -0.398. The molecule has 1 aromatic heterocycles. The number of carbonyl (C=O) groups is 1. The Morgan fingerprint density at radius 2 is 1.69 bits per heavy atom. The maximum Gasteiger partial charge on any atom is 0.263 e. The van der Waals surface area contributed by atoms with Crippen LogP contribution in [0.15, 0.2) is 83.8 Å². The molecule has 0 bridgehead atoms. The first-order valence-corrected chi connectivity index (χ1v) is 9.57. The Balaban J connectivity index is 1.64. The molecule has 0 aliphatic heterocycles. The van der Waals surface area contributed by atoms with Gasteiger partial charge in [-0.1, -0.05) is 48.5 Å². The SMILES string of the molecule is Cc1ccc(NC(=O)c2cccn(Cc3cccc4ccccc34)c2=O)cc1C. The number of nitrogens with one attached hydrogen (secondary N) is 1. The van der Waals surface area contributed by atoms with Crippen LogP contribution in [0.4, 0.5) is 5.69 Å². The van der Waals surface area contributed by atoms with Gasteiger partial charge < -0.3 is 9.88 Å². The summed E-state index contributed by atoms with van der Waals surface area (Å²) in [6, 6.07) is 23.1. The number of hydrogen-bond acceptors (Lipinski definition) is 2. The average molecular weight is 382 g/mol. The van der Waals surface area contributed by atoms with Crippen LogP contribution >= 0.6 is 0 Å². The zero-order valence-corrected chi connectivity index (χ0v) is 16.5. The van der Waals surface area contributed by atoms with Gasteiger partial charge in [0.15, 0.2) is 0 Å². The molecule has 1 heterocycles. The smallest absolute Gasteiger partial charge is 0.263 e. The molecule has 0 aliphatic rings. The highest BCUT2D eigenvalue weighted by Gasteiger charge is 2.13. The Morgan fingerprint density at radius 1 is 0.897 bits per heavy atom. The van der Waals surface area contributed by atoms with Crippen molar-refractivity contribution < 1.29 is 4.79 Å². The lowest BCUT2D eigenvalue weighted by Gasteiger charge is -2.11. The number of carbonyl (C=O) groups excluding carboxylic acids is 1. The number of aromatic nitrogens is 1. The summed E-state index contributed by atoms with van der Waals surface area (Å²) in [6.45, 7) is 4.42. The molecule has 0 fully saturated rings. The van der Waals surface area contributed by atoms with Crippen molar-refractivity contribution in [2.45, 2.75) is 20.4 Å². The van der Waals surface area contributed by atoms with Crippen LogP contribution in [-0.2, 0) is 6.54 Å². The van der Waals surface area contributed by atoms with E-state index >= 15 is 0 Å². The summed E-state index contributed by atoms with van der Waals surface area (Å²) in [4.78, 5) is 25.7. The molecule has 0 aliphatic carbocycles. The molecule has 4 nitrogen and oxygen atoms in total. The van der Waals surface area contributed by atoms with E-state index in [0.717, 1.165) is 27.5 Å². The lowest BCUT2D eigenvalue weighted by Crippen LogP contribution is -2.29. The van der Waals surface area contributed by atoms with Crippen LogP contribution in [0.3, 0.4) is 0 Å². The maximum absolute atomic E-state index is 13.0. The predicted molar refractivity (Wildman–Crippen MR) is 118 cm³/mol. The number of nitrogens with zero attached hydrogens (tertiary/aromatic N) is 1. The van der Waals surface area contributed by atoms with Crippen molar-refractivity contribution in [1.82, 2.24) is 4.57 Å². The number of rotatable bonds is 4. The number of benzene rings is 3. The van der Waals surface area contributed by atoms with E-state index in [9.17, 15) is 9.59 Å². The number of anilines is 1. The van der Waals surface area contributed by atoms with Crippen LogP contribution in [0.2, 0.25) is 0 Å². The van der Waals surface area contributed by atoms with Gasteiger partial charge in [-0.2, -0.15) is 0 Å². The minimum atomic E-state index is -0.398. The van der Waals surface area contributed by atoms with Crippen molar-refractivity contribution in [3.05, 3.63) is 112 Å². The van der Waals surface area contributed by atoms with E-state index in [2.05, 4.69) is 17.4 Å². The first-order chi connectivity index (χ1) is 14.0. The van der Waals surface area contributed by atoms with E-state index in [1.807, 2.05) is 62.4 Å². The molecule has 0 spiro atoms. The van der Waals surface area contributed by atoms with Crippen molar-refractivity contribution >= 4 is 22.4 Å². The Bertz CT molecular complexity index is 1270. The molecule has 0 atom stereocenters. The molecule has 29 heavy (non-hydrogen) atoms. The number of pyridine rings is 1. The van der Waals surface area contributed by atoms with Gasteiger partial charge >= 0.3 is 0 Å². The van der Waals surface area contributed by atoms with Crippen LogP contribution in [-0.4, -0.2) is 10.5 Å². The maximum atomic E-state index is 13.0. The van der Waals surface area contributed by atoms with Crippen LogP contribution in [0.5, 0.6) is 0 Å². The van der Waals surface area contributed by atoms with E-state index in [1.165, 1.54) is 0 Å². The van der Waals surface area contributed by atoms with E-state index in [4.69, 9.17) is 0 Å². The van der Waals surface area contributed by atoms with E-state index in [0.29, 0.717) is 12.2 Å². The molecule has 3 aromatic carbocycles. The molecule has 4 aromatic rings. The van der Waals surface area contributed by atoms with Gasteiger partial charge in [0.2, 0.25) is 0 Å². The lowest BCUT2D eigenvalue weighted by atomic mass is 10.0. The molecule has 1 N–H and O–H groups in total. The highest BCUT2D eigenvalue weighted by atomic mass is 16.2. The minimum Gasteiger partial charge on any atom is -0.322 e. The Morgan fingerprint density at radius 3 is 2.52 bits per heavy atom. The highest BCUT2D eigenvalue weighted by molar-refractivity contribution is 6.04. The fourth-order valence-corrected chi connectivity index (χ4v) is 3.47. The quantitative estimate of drug-likeness (QED) is 0.545. The zero-order valence-electron chi connectivity index (χ0n) is 16.5. The molecule has 4 heteroatoms. The fraction of sp³-hybridized carbons (Fsp3) is 0.120. The third kappa shape index (κ3) is 3.83. The minimum absolute atomic E-state index is 0.131. The van der Waals surface area contributed by atoms with Crippen molar-refractivity contribution in [2.24, 2.45) is 0 Å². The van der Waals surface area contributed by atoms with Crippen molar-refractivity contribution in [3.63, 3.8) is 0 Å². The van der Waals surface area contributed by atoms with Gasteiger partial charge in [0.05, 0.1) is 6.54 Å². The van der Waals surface area contributed by atoms with Gasteiger partial charge in [0.1, 0.15) is 5.56 Å².